The Kier molecular flexibility index (Phi) is 4.39. The average molecular weight is 328 g/mol. The number of hydrogen-bond acceptors (Lipinski definition) is 4. The third kappa shape index (κ3) is 3.57. The highest BCUT2D eigenvalue weighted by Crippen LogP contribution is 2.21. The van der Waals surface area contributed by atoms with Crippen LogP contribution in [0.2, 0.25) is 5.02 Å². The fourth-order valence-corrected chi connectivity index (χ4v) is 2.28. The Morgan fingerprint density at radius 3 is 2.78 bits per heavy atom. The molecule has 1 aromatic heterocycles. The maximum atomic E-state index is 12.2. The lowest BCUT2D eigenvalue weighted by molar-refractivity contribution is 0.102. The molecular weight excluding hydrogens is 314 g/mol. The quantitative estimate of drug-likeness (QED) is 0.779. The van der Waals surface area contributed by atoms with Crippen LogP contribution >= 0.6 is 11.6 Å². The second-order valence-corrected chi connectivity index (χ2v) is 5.35. The minimum Gasteiger partial charge on any atom is -0.339 e. The van der Waals surface area contributed by atoms with E-state index in [0.29, 0.717) is 34.4 Å². The van der Waals surface area contributed by atoms with Gasteiger partial charge in [-0.05, 0) is 30.3 Å². The Morgan fingerprint density at radius 2 is 2.04 bits per heavy atom. The molecule has 0 spiro atoms. The van der Waals surface area contributed by atoms with Gasteiger partial charge in [0.2, 0.25) is 11.7 Å². The van der Waals surface area contributed by atoms with Gasteiger partial charge in [0.1, 0.15) is 0 Å². The highest BCUT2D eigenvalue weighted by molar-refractivity contribution is 6.31. The number of nitrogens with zero attached hydrogens (tertiary/aromatic N) is 2. The predicted molar refractivity (Wildman–Crippen MR) is 88.5 cm³/mol. The number of aryl methyl sites for hydroxylation is 1. The fourth-order valence-electron chi connectivity index (χ4n) is 2.08. The smallest absolute Gasteiger partial charge is 0.255 e. The van der Waals surface area contributed by atoms with Gasteiger partial charge in [-0.1, -0.05) is 41.9 Å². The Labute approximate surface area is 138 Å². The van der Waals surface area contributed by atoms with Crippen molar-refractivity contribution in [1.29, 1.82) is 0 Å². The molecule has 1 amide bonds. The van der Waals surface area contributed by atoms with Crippen LogP contribution in [0.5, 0.6) is 0 Å². The molecule has 1 N–H and O–H groups in total. The summed E-state index contributed by atoms with van der Waals surface area (Å²) in [7, 11) is 0. The lowest BCUT2D eigenvalue weighted by atomic mass is 10.1. The molecular formula is C17H14ClN3O2. The lowest BCUT2D eigenvalue weighted by Gasteiger charge is -2.06. The van der Waals surface area contributed by atoms with Crippen molar-refractivity contribution >= 4 is 23.2 Å². The van der Waals surface area contributed by atoms with Gasteiger partial charge < -0.3 is 9.84 Å². The molecule has 0 saturated carbocycles. The predicted octanol–water partition coefficient (Wildman–Crippen LogP) is 4.20. The number of amides is 1. The van der Waals surface area contributed by atoms with Crippen LogP contribution in [-0.2, 0) is 6.42 Å². The minimum atomic E-state index is -0.230. The van der Waals surface area contributed by atoms with Gasteiger partial charge >= 0.3 is 0 Å². The number of hydrogen-bond donors (Lipinski definition) is 1. The van der Waals surface area contributed by atoms with Crippen molar-refractivity contribution in [3.63, 3.8) is 0 Å². The van der Waals surface area contributed by atoms with Crippen LogP contribution in [0.4, 0.5) is 5.69 Å². The van der Waals surface area contributed by atoms with Crippen LogP contribution < -0.4 is 5.32 Å². The third-order valence-electron chi connectivity index (χ3n) is 3.24. The Bertz CT molecular complexity index is 845. The summed E-state index contributed by atoms with van der Waals surface area (Å²) in [5, 5.41) is 7.28. The topological polar surface area (TPSA) is 68.0 Å². The van der Waals surface area contributed by atoms with Gasteiger partial charge in [-0.3, -0.25) is 4.79 Å². The van der Waals surface area contributed by atoms with Crippen molar-refractivity contribution in [3.05, 3.63) is 65.0 Å². The monoisotopic (exact) mass is 327 g/mol. The summed E-state index contributed by atoms with van der Waals surface area (Å²) < 4.78 is 5.11. The number of carbonyl (C=O) groups is 1. The SMILES string of the molecule is CCc1nc(-c2cccc(NC(=O)c3cccc(Cl)c3)c2)no1. The number of anilines is 1. The zero-order valence-corrected chi connectivity index (χ0v) is 13.2. The number of carbonyl (C=O) groups excluding carboxylic acids is 1. The number of halogens is 1. The molecule has 5 nitrogen and oxygen atoms in total. The second kappa shape index (κ2) is 6.62. The molecule has 0 bridgehead atoms. The van der Waals surface area contributed by atoms with E-state index in [0.717, 1.165) is 5.56 Å². The van der Waals surface area contributed by atoms with Crippen LogP contribution in [0.25, 0.3) is 11.4 Å². The molecule has 1 heterocycles. The Morgan fingerprint density at radius 1 is 1.22 bits per heavy atom. The van der Waals surface area contributed by atoms with Gasteiger partial charge in [0, 0.05) is 28.3 Å². The minimum absolute atomic E-state index is 0.230. The highest BCUT2D eigenvalue weighted by atomic mass is 35.5. The first kappa shape index (κ1) is 15.2. The molecule has 0 aliphatic heterocycles. The maximum absolute atomic E-state index is 12.2. The zero-order chi connectivity index (χ0) is 16.2. The summed E-state index contributed by atoms with van der Waals surface area (Å²) in [6.45, 7) is 1.94. The van der Waals surface area contributed by atoms with Gasteiger partial charge in [-0.15, -0.1) is 0 Å². The van der Waals surface area contributed by atoms with Crippen molar-refractivity contribution < 1.29 is 9.32 Å². The van der Waals surface area contributed by atoms with Crippen LogP contribution in [0, 0.1) is 0 Å². The fraction of sp³-hybridized carbons (Fsp3) is 0.118. The van der Waals surface area contributed by atoms with E-state index in [-0.39, 0.29) is 5.91 Å². The van der Waals surface area contributed by atoms with E-state index < -0.39 is 0 Å². The normalized spacial score (nSPS) is 10.5. The van der Waals surface area contributed by atoms with Gasteiger partial charge in [0.15, 0.2) is 0 Å². The molecule has 0 atom stereocenters. The summed E-state index contributed by atoms with van der Waals surface area (Å²) >= 11 is 5.91. The van der Waals surface area contributed by atoms with Crippen LogP contribution in [0.3, 0.4) is 0 Å². The van der Waals surface area contributed by atoms with Crippen LogP contribution in [0.15, 0.2) is 53.1 Å². The Hall–Kier alpha value is -2.66. The van der Waals surface area contributed by atoms with Crippen LogP contribution in [-0.4, -0.2) is 16.0 Å². The third-order valence-corrected chi connectivity index (χ3v) is 3.47. The summed E-state index contributed by atoms with van der Waals surface area (Å²) in [5.74, 6) is 0.848. The van der Waals surface area contributed by atoms with Crippen molar-refractivity contribution in [2.45, 2.75) is 13.3 Å². The van der Waals surface area contributed by atoms with E-state index in [1.165, 1.54) is 0 Å². The first-order chi connectivity index (χ1) is 11.2. The summed E-state index contributed by atoms with van der Waals surface area (Å²) in [6.07, 6.45) is 0.679. The molecule has 0 aliphatic carbocycles. The molecule has 0 aliphatic rings. The summed E-state index contributed by atoms with van der Waals surface area (Å²) in [4.78, 5) is 16.5. The maximum Gasteiger partial charge on any atom is 0.255 e. The molecule has 3 aromatic rings. The van der Waals surface area contributed by atoms with E-state index in [9.17, 15) is 4.79 Å². The molecule has 23 heavy (non-hydrogen) atoms. The average Bonchev–Trinajstić information content (AvgIpc) is 3.04. The van der Waals surface area contributed by atoms with Crippen LogP contribution in [0.1, 0.15) is 23.2 Å². The van der Waals surface area contributed by atoms with Crippen molar-refractivity contribution in [2.75, 3.05) is 5.32 Å². The number of rotatable bonds is 4. The molecule has 0 fully saturated rings. The van der Waals surface area contributed by atoms with Gasteiger partial charge in [0.25, 0.3) is 5.91 Å². The lowest BCUT2D eigenvalue weighted by Crippen LogP contribution is -2.11. The standard InChI is InChI=1S/C17H14ClN3O2/c1-2-15-20-16(21-23-15)11-5-4-8-14(10-11)19-17(22)12-6-3-7-13(18)9-12/h3-10H,2H2,1H3,(H,19,22). The van der Waals surface area contributed by atoms with Crippen molar-refractivity contribution in [1.82, 2.24) is 10.1 Å². The molecule has 116 valence electrons. The van der Waals surface area contributed by atoms with Gasteiger partial charge in [-0.25, -0.2) is 0 Å². The van der Waals surface area contributed by atoms with E-state index >= 15 is 0 Å². The largest absolute Gasteiger partial charge is 0.339 e. The van der Waals surface area contributed by atoms with Gasteiger partial charge in [-0.2, -0.15) is 4.98 Å². The van der Waals surface area contributed by atoms with Crippen molar-refractivity contribution in [2.24, 2.45) is 0 Å². The molecule has 2 aromatic carbocycles. The number of nitrogens with one attached hydrogen (secondary N) is 1. The van der Waals surface area contributed by atoms with E-state index in [2.05, 4.69) is 15.5 Å². The van der Waals surface area contributed by atoms with E-state index in [1.54, 1.807) is 36.4 Å². The summed E-state index contributed by atoms with van der Waals surface area (Å²) in [6, 6.07) is 14.1. The highest BCUT2D eigenvalue weighted by Gasteiger charge is 2.10. The Balaban J connectivity index is 1.81. The summed E-state index contributed by atoms with van der Waals surface area (Å²) in [5.41, 5.74) is 1.92. The molecule has 6 heteroatoms. The molecule has 0 radical (unpaired) electrons. The molecule has 0 saturated heterocycles. The first-order valence-corrected chi connectivity index (χ1v) is 7.53. The number of benzene rings is 2. The van der Waals surface area contributed by atoms with Crippen molar-refractivity contribution in [3.8, 4) is 11.4 Å². The zero-order valence-electron chi connectivity index (χ0n) is 12.4. The van der Waals surface area contributed by atoms with Gasteiger partial charge in [0.05, 0.1) is 0 Å². The first-order valence-electron chi connectivity index (χ1n) is 7.15. The van der Waals surface area contributed by atoms with E-state index in [4.69, 9.17) is 16.1 Å². The number of aromatic nitrogens is 2. The molecule has 0 unspecified atom stereocenters. The second-order valence-electron chi connectivity index (χ2n) is 4.91. The van der Waals surface area contributed by atoms with E-state index in [1.807, 2.05) is 19.1 Å². The molecule has 3 rings (SSSR count).